The summed E-state index contributed by atoms with van der Waals surface area (Å²) >= 11 is 0. The van der Waals surface area contributed by atoms with Crippen molar-refractivity contribution in [3.8, 4) is 0 Å². The van der Waals surface area contributed by atoms with Crippen molar-refractivity contribution in [2.24, 2.45) is 0 Å². The number of carbonyl (C=O) groups excluding carboxylic acids is 2. The summed E-state index contributed by atoms with van der Waals surface area (Å²) < 4.78 is 11.4. The van der Waals surface area contributed by atoms with Crippen molar-refractivity contribution in [1.29, 1.82) is 0 Å². The summed E-state index contributed by atoms with van der Waals surface area (Å²) in [6.07, 6.45) is 10.1. The van der Waals surface area contributed by atoms with Crippen LogP contribution >= 0.6 is 0 Å². The lowest BCUT2D eigenvalue weighted by atomic mass is 10.1. The molecule has 0 fully saturated rings. The maximum Gasteiger partial charge on any atom is 0.334 e. The van der Waals surface area contributed by atoms with Crippen molar-refractivity contribution in [3.63, 3.8) is 0 Å². The predicted octanol–water partition coefficient (Wildman–Crippen LogP) is 6.40. The molecule has 0 aromatic heterocycles. The number of ether oxygens (including phenoxy) is 1. The molecule has 180 valence electrons. The van der Waals surface area contributed by atoms with Crippen molar-refractivity contribution in [2.75, 3.05) is 6.61 Å². The quantitative estimate of drug-likeness (QED) is 0.105. The summed E-state index contributed by atoms with van der Waals surface area (Å²) in [5.41, 5.74) is 0.169. The number of unbranched alkanes of at least 4 members (excludes halogenated alkanes) is 4. The Balaban J connectivity index is 4.74. The molecule has 0 aromatic carbocycles. The molecule has 0 aliphatic heterocycles. The lowest BCUT2D eigenvalue weighted by Gasteiger charge is -2.31. The standard InChI is InChI=1S/C24H44O6Si/c1-5-9-14-21(20-22(25)26)24(28)29-16-13-15-23(27)30-31(17-10-6-2,18-11-7-3)19-12-8-4/h20H,5-19H2,1-4H3,(H,25,26)/b21-20-. The van der Waals surface area contributed by atoms with Gasteiger partial charge in [0.05, 0.1) is 6.61 Å². The van der Waals surface area contributed by atoms with Crippen LogP contribution in [-0.4, -0.2) is 37.9 Å². The smallest absolute Gasteiger partial charge is 0.334 e. The monoisotopic (exact) mass is 456 g/mol. The van der Waals surface area contributed by atoms with Crippen LogP contribution in [0.3, 0.4) is 0 Å². The third kappa shape index (κ3) is 14.1. The number of carboxylic acids is 1. The van der Waals surface area contributed by atoms with Crippen molar-refractivity contribution in [3.05, 3.63) is 11.6 Å². The van der Waals surface area contributed by atoms with Crippen molar-refractivity contribution >= 4 is 26.2 Å². The first kappa shape index (κ1) is 29.4. The molecule has 0 radical (unpaired) electrons. The zero-order valence-electron chi connectivity index (χ0n) is 20.2. The van der Waals surface area contributed by atoms with Gasteiger partial charge >= 0.3 is 11.9 Å². The van der Waals surface area contributed by atoms with Gasteiger partial charge in [0.1, 0.15) is 0 Å². The number of aliphatic carboxylic acids is 1. The molecular formula is C24H44O6Si. The van der Waals surface area contributed by atoms with E-state index in [-0.39, 0.29) is 24.6 Å². The molecule has 0 unspecified atom stereocenters. The van der Waals surface area contributed by atoms with Gasteiger partial charge in [0.15, 0.2) is 0 Å². The van der Waals surface area contributed by atoms with Gasteiger partial charge in [-0.15, -0.1) is 0 Å². The summed E-state index contributed by atoms with van der Waals surface area (Å²) in [7, 11) is -2.09. The molecule has 1 N–H and O–H groups in total. The molecule has 7 heteroatoms. The summed E-state index contributed by atoms with van der Waals surface area (Å²) in [5, 5.41) is 8.93. The van der Waals surface area contributed by atoms with E-state index in [4.69, 9.17) is 14.3 Å². The maximum atomic E-state index is 12.6. The van der Waals surface area contributed by atoms with Crippen LogP contribution in [0, 0.1) is 0 Å². The van der Waals surface area contributed by atoms with Crippen molar-refractivity contribution < 1.29 is 28.7 Å². The van der Waals surface area contributed by atoms with Crippen LogP contribution in [0.2, 0.25) is 18.1 Å². The average Bonchev–Trinajstić information content (AvgIpc) is 2.74. The van der Waals surface area contributed by atoms with Gasteiger partial charge in [-0.05, 0) is 37.4 Å². The van der Waals surface area contributed by atoms with Gasteiger partial charge in [-0.1, -0.05) is 72.6 Å². The predicted molar refractivity (Wildman–Crippen MR) is 126 cm³/mol. The molecule has 0 atom stereocenters. The molecule has 31 heavy (non-hydrogen) atoms. The topological polar surface area (TPSA) is 89.9 Å². The van der Waals surface area contributed by atoms with E-state index in [0.717, 1.165) is 75.6 Å². The Hall–Kier alpha value is -1.63. The zero-order chi connectivity index (χ0) is 23.5. The Labute approximate surface area is 189 Å². The van der Waals surface area contributed by atoms with Crippen LogP contribution in [0.25, 0.3) is 0 Å². The van der Waals surface area contributed by atoms with E-state index in [1.165, 1.54) is 0 Å². The first-order valence-electron chi connectivity index (χ1n) is 12.2. The van der Waals surface area contributed by atoms with Gasteiger partial charge in [0.25, 0.3) is 14.3 Å². The van der Waals surface area contributed by atoms with Crippen LogP contribution in [0.1, 0.15) is 98.3 Å². The Morgan fingerprint density at radius 2 is 1.29 bits per heavy atom. The van der Waals surface area contributed by atoms with Crippen LogP contribution in [0.4, 0.5) is 0 Å². The van der Waals surface area contributed by atoms with Crippen LogP contribution < -0.4 is 0 Å². The minimum absolute atomic E-state index is 0.0878. The second-order valence-electron chi connectivity index (χ2n) is 8.32. The summed E-state index contributed by atoms with van der Waals surface area (Å²) in [4.78, 5) is 35.7. The van der Waals surface area contributed by atoms with Gasteiger partial charge < -0.3 is 14.3 Å². The number of esters is 1. The van der Waals surface area contributed by atoms with E-state index in [1.54, 1.807) is 0 Å². The van der Waals surface area contributed by atoms with E-state index >= 15 is 0 Å². The van der Waals surface area contributed by atoms with Crippen LogP contribution in [-0.2, 0) is 23.5 Å². The largest absolute Gasteiger partial charge is 0.519 e. The van der Waals surface area contributed by atoms with E-state index in [2.05, 4.69) is 20.8 Å². The van der Waals surface area contributed by atoms with Gasteiger partial charge in [-0.3, -0.25) is 4.79 Å². The molecule has 0 saturated heterocycles. The normalized spacial score (nSPS) is 11.9. The number of carbonyl (C=O) groups is 3. The number of carboxylic acid groups (broad SMARTS) is 1. The SMILES string of the molecule is CCCC/C(=C/C(=O)O)C(=O)OCCCC(=O)O[Si](CCCC)(CCCC)CCCC. The molecule has 0 aliphatic rings. The second-order valence-corrected chi connectivity index (χ2v) is 12.4. The van der Waals surface area contributed by atoms with Crippen LogP contribution in [0.5, 0.6) is 0 Å². The van der Waals surface area contributed by atoms with E-state index in [1.807, 2.05) is 6.92 Å². The van der Waals surface area contributed by atoms with Crippen LogP contribution in [0.15, 0.2) is 11.6 Å². The van der Waals surface area contributed by atoms with Gasteiger partial charge in [0.2, 0.25) is 0 Å². The fourth-order valence-electron chi connectivity index (χ4n) is 3.54. The van der Waals surface area contributed by atoms with Gasteiger partial charge in [0, 0.05) is 18.1 Å². The Morgan fingerprint density at radius 1 is 0.774 bits per heavy atom. The average molecular weight is 457 g/mol. The Morgan fingerprint density at radius 3 is 1.74 bits per heavy atom. The second kappa shape index (κ2) is 18.0. The van der Waals surface area contributed by atoms with Crippen molar-refractivity contribution in [1.82, 2.24) is 0 Å². The fourth-order valence-corrected chi connectivity index (χ4v) is 8.18. The highest BCUT2D eigenvalue weighted by molar-refractivity contribution is 6.75. The minimum atomic E-state index is -2.09. The lowest BCUT2D eigenvalue weighted by Crippen LogP contribution is -2.40. The highest BCUT2D eigenvalue weighted by atomic mass is 28.4. The fraction of sp³-hybridized carbons (Fsp3) is 0.792. The molecule has 0 aliphatic carbocycles. The third-order valence-electron chi connectivity index (χ3n) is 5.41. The molecule has 0 heterocycles. The Kier molecular flexibility index (Phi) is 17.0. The molecule has 0 rings (SSSR count). The molecule has 0 aromatic rings. The third-order valence-corrected chi connectivity index (χ3v) is 9.86. The molecule has 0 saturated carbocycles. The summed E-state index contributed by atoms with van der Waals surface area (Å²) in [6, 6.07) is 3.10. The zero-order valence-corrected chi connectivity index (χ0v) is 21.2. The van der Waals surface area contributed by atoms with E-state index < -0.39 is 20.3 Å². The van der Waals surface area contributed by atoms with Crippen molar-refractivity contribution in [2.45, 2.75) is 116 Å². The summed E-state index contributed by atoms with van der Waals surface area (Å²) in [6.45, 7) is 8.57. The molecule has 0 bridgehead atoms. The number of hydrogen-bond donors (Lipinski definition) is 1. The summed E-state index contributed by atoms with van der Waals surface area (Å²) in [5.74, 6) is -1.95. The highest BCUT2D eigenvalue weighted by Gasteiger charge is 2.36. The highest BCUT2D eigenvalue weighted by Crippen LogP contribution is 2.30. The molecule has 6 nitrogen and oxygen atoms in total. The van der Waals surface area contributed by atoms with E-state index in [9.17, 15) is 14.4 Å². The first-order chi connectivity index (χ1) is 14.8. The first-order valence-corrected chi connectivity index (χ1v) is 14.7. The minimum Gasteiger partial charge on any atom is -0.519 e. The Bertz CT molecular complexity index is 536. The van der Waals surface area contributed by atoms with Gasteiger partial charge in [-0.25, -0.2) is 9.59 Å². The molecule has 0 amide bonds. The number of hydrogen-bond acceptors (Lipinski definition) is 5. The molecule has 0 spiro atoms. The van der Waals surface area contributed by atoms with Gasteiger partial charge in [-0.2, -0.15) is 0 Å². The van der Waals surface area contributed by atoms with E-state index in [0.29, 0.717) is 12.8 Å². The number of rotatable bonds is 19. The lowest BCUT2D eigenvalue weighted by molar-refractivity contribution is -0.142. The maximum absolute atomic E-state index is 12.6. The molecular weight excluding hydrogens is 412 g/mol.